The molecule has 0 saturated heterocycles. The van der Waals surface area contributed by atoms with Gasteiger partial charge in [-0.05, 0) is 36.2 Å². The molecule has 2 heterocycles. The molecule has 0 aliphatic carbocycles. The maximum atomic E-state index is 14.5. The van der Waals surface area contributed by atoms with Crippen LogP contribution in [0.15, 0.2) is 71.1 Å². The Hall–Kier alpha value is -3.53. The van der Waals surface area contributed by atoms with Gasteiger partial charge in [0.25, 0.3) is 10.0 Å². The van der Waals surface area contributed by atoms with E-state index in [2.05, 4.69) is 20.0 Å². The average molecular weight is 470 g/mol. The fraction of sp³-hybridized carbons (Fsp3) is 0.261. The molecule has 8 nitrogen and oxygen atoms in total. The number of amides is 1. The highest BCUT2D eigenvalue weighted by Crippen LogP contribution is 2.23. The van der Waals surface area contributed by atoms with Gasteiger partial charge in [-0.2, -0.15) is 0 Å². The summed E-state index contributed by atoms with van der Waals surface area (Å²) in [6, 6.07) is 10.5. The van der Waals surface area contributed by atoms with Gasteiger partial charge in [0.2, 0.25) is 5.91 Å². The minimum atomic E-state index is -3.69. The molecule has 10 heteroatoms. The molecule has 4 rings (SSSR count). The van der Waals surface area contributed by atoms with Gasteiger partial charge in [-0.15, -0.1) is 0 Å². The van der Waals surface area contributed by atoms with Crippen LogP contribution in [0.2, 0.25) is 0 Å². The first-order valence-corrected chi connectivity index (χ1v) is 12.1. The van der Waals surface area contributed by atoms with Crippen LogP contribution >= 0.6 is 0 Å². The molecule has 1 unspecified atom stereocenters. The highest BCUT2D eigenvalue weighted by molar-refractivity contribution is 7.90. The van der Waals surface area contributed by atoms with Crippen molar-refractivity contribution in [3.8, 4) is 5.69 Å². The van der Waals surface area contributed by atoms with Crippen molar-refractivity contribution in [2.45, 2.75) is 43.7 Å². The van der Waals surface area contributed by atoms with Gasteiger partial charge in [-0.3, -0.25) is 14.5 Å². The summed E-state index contributed by atoms with van der Waals surface area (Å²) in [6.45, 7) is 2.12. The second-order valence-corrected chi connectivity index (χ2v) is 9.36. The summed E-state index contributed by atoms with van der Waals surface area (Å²) < 4.78 is 43.2. The molecule has 0 fully saturated rings. The first kappa shape index (κ1) is 22.7. The van der Waals surface area contributed by atoms with Crippen molar-refractivity contribution in [3.05, 3.63) is 78.1 Å². The van der Waals surface area contributed by atoms with E-state index in [0.29, 0.717) is 23.2 Å². The number of amidine groups is 1. The molecule has 1 aliphatic rings. The number of nitrogens with zero attached hydrogens (tertiary/aromatic N) is 3. The van der Waals surface area contributed by atoms with Crippen LogP contribution in [0, 0.1) is 5.82 Å². The third-order valence-electron chi connectivity index (χ3n) is 5.34. The zero-order valence-electron chi connectivity index (χ0n) is 18.0. The van der Waals surface area contributed by atoms with E-state index in [1.54, 1.807) is 47.3 Å². The smallest absolute Gasteiger partial charge is 0.263 e. The van der Waals surface area contributed by atoms with Gasteiger partial charge >= 0.3 is 0 Å². The molecule has 1 aromatic heterocycles. The second kappa shape index (κ2) is 9.53. The SMILES string of the molecule is CCCCC(N=C1NS(=O)(=O)c2ccccc21)C(=O)NCc1ccc(-n2ccnc2)c(F)c1. The van der Waals surface area contributed by atoms with Gasteiger partial charge < -0.3 is 9.88 Å². The maximum absolute atomic E-state index is 14.5. The molecule has 172 valence electrons. The topological polar surface area (TPSA) is 105 Å². The molecule has 0 spiro atoms. The molecule has 1 amide bonds. The summed E-state index contributed by atoms with van der Waals surface area (Å²) in [7, 11) is -3.69. The number of nitrogens with one attached hydrogen (secondary N) is 2. The Morgan fingerprint density at radius 2 is 2.09 bits per heavy atom. The van der Waals surface area contributed by atoms with Crippen LogP contribution in [-0.2, 0) is 21.4 Å². The largest absolute Gasteiger partial charge is 0.350 e. The van der Waals surface area contributed by atoms with Gasteiger partial charge in [0.1, 0.15) is 17.7 Å². The van der Waals surface area contributed by atoms with E-state index >= 15 is 0 Å². The molecule has 0 radical (unpaired) electrons. The molecular weight excluding hydrogens is 445 g/mol. The van der Waals surface area contributed by atoms with Gasteiger partial charge in [-0.1, -0.05) is 38.0 Å². The lowest BCUT2D eigenvalue weighted by Gasteiger charge is -2.14. The van der Waals surface area contributed by atoms with Crippen molar-refractivity contribution in [2.24, 2.45) is 4.99 Å². The molecular formula is C23H24FN5O3S. The van der Waals surface area contributed by atoms with Crippen LogP contribution < -0.4 is 10.0 Å². The van der Waals surface area contributed by atoms with Crippen molar-refractivity contribution in [2.75, 3.05) is 0 Å². The number of aliphatic imine (C=N–C) groups is 1. The van der Waals surface area contributed by atoms with Crippen LogP contribution in [0.4, 0.5) is 4.39 Å². The lowest BCUT2D eigenvalue weighted by molar-refractivity contribution is -0.122. The fourth-order valence-corrected chi connectivity index (χ4v) is 4.85. The lowest BCUT2D eigenvalue weighted by atomic mass is 10.1. The van der Waals surface area contributed by atoms with E-state index in [0.717, 1.165) is 12.8 Å². The Bertz CT molecular complexity index is 1290. The van der Waals surface area contributed by atoms with Crippen LogP contribution in [0.3, 0.4) is 0 Å². The minimum Gasteiger partial charge on any atom is -0.350 e. The number of hydrogen-bond donors (Lipinski definition) is 2. The first-order chi connectivity index (χ1) is 15.9. The Morgan fingerprint density at radius 1 is 1.27 bits per heavy atom. The van der Waals surface area contributed by atoms with Gasteiger partial charge in [0.15, 0.2) is 0 Å². The summed E-state index contributed by atoms with van der Waals surface area (Å²) in [5, 5.41) is 2.80. The molecule has 33 heavy (non-hydrogen) atoms. The third kappa shape index (κ3) is 4.95. The Labute approximate surface area is 191 Å². The van der Waals surface area contributed by atoms with Crippen molar-refractivity contribution < 1.29 is 17.6 Å². The summed E-state index contributed by atoms with van der Waals surface area (Å²) in [4.78, 5) is 21.4. The van der Waals surface area contributed by atoms with E-state index in [1.165, 1.54) is 18.5 Å². The second-order valence-electron chi connectivity index (χ2n) is 7.71. The van der Waals surface area contributed by atoms with Crippen LogP contribution in [0.5, 0.6) is 0 Å². The minimum absolute atomic E-state index is 0.121. The van der Waals surface area contributed by atoms with Crippen LogP contribution in [0.25, 0.3) is 5.69 Å². The monoisotopic (exact) mass is 469 g/mol. The van der Waals surface area contributed by atoms with Crippen molar-refractivity contribution >= 4 is 21.8 Å². The molecule has 1 aliphatic heterocycles. The summed E-state index contributed by atoms with van der Waals surface area (Å²) in [6.07, 6.45) is 6.78. The molecule has 3 aromatic rings. The third-order valence-corrected chi connectivity index (χ3v) is 6.74. The predicted molar refractivity (Wildman–Crippen MR) is 122 cm³/mol. The summed E-state index contributed by atoms with van der Waals surface area (Å²) in [5.74, 6) is -0.615. The normalized spacial score (nSPS) is 16.2. The highest BCUT2D eigenvalue weighted by Gasteiger charge is 2.31. The zero-order chi connectivity index (χ0) is 23.4. The number of sulfonamides is 1. The molecule has 1 atom stereocenters. The number of aromatic nitrogens is 2. The number of halogens is 1. The van der Waals surface area contributed by atoms with Crippen LogP contribution in [-0.4, -0.2) is 35.8 Å². The fourth-order valence-electron chi connectivity index (χ4n) is 3.62. The zero-order valence-corrected chi connectivity index (χ0v) is 18.8. The average Bonchev–Trinajstić information content (AvgIpc) is 3.42. The number of carbonyl (C=O) groups excluding carboxylic acids is 1. The number of unbranched alkanes of at least 4 members (excludes halogenated alkanes) is 1. The summed E-state index contributed by atoms with van der Waals surface area (Å²) >= 11 is 0. The number of rotatable bonds is 8. The van der Waals surface area contributed by atoms with Gasteiger partial charge in [0, 0.05) is 24.5 Å². The molecule has 2 aromatic carbocycles. The Morgan fingerprint density at radius 3 is 2.82 bits per heavy atom. The van der Waals surface area contributed by atoms with Crippen molar-refractivity contribution in [3.63, 3.8) is 0 Å². The van der Waals surface area contributed by atoms with E-state index in [1.807, 2.05) is 6.92 Å². The van der Waals surface area contributed by atoms with Crippen molar-refractivity contribution in [1.82, 2.24) is 19.6 Å². The van der Waals surface area contributed by atoms with Crippen molar-refractivity contribution in [1.29, 1.82) is 0 Å². The van der Waals surface area contributed by atoms with E-state index in [9.17, 15) is 17.6 Å². The number of imidazole rings is 1. The number of fused-ring (bicyclic) bond motifs is 1. The van der Waals surface area contributed by atoms with E-state index in [4.69, 9.17) is 0 Å². The standard InChI is InChI=1S/C23H24FN5O3S/c1-2-3-7-19(27-22-17-6-4-5-8-21(17)33(31,32)28-22)23(30)26-14-16-9-10-20(18(24)13-16)29-12-11-25-15-29/h4-6,8-13,15,19H,2-3,7,14H2,1H3,(H,26,30)(H,27,28). The van der Waals surface area contributed by atoms with E-state index < -0.39 is 21.9 Å². The van der Waals surface area contributed by atoms with Gasteiger partial charge in [0.05, 0.1) is 16.9 Å². The van der Waals surface area contributed by atoms with Crippen LogP contribution in [0.1, 0.15) is 37.3 Å². The maximum Gasteiger partial charge on any atom is 0.263 e. The Balaban J connectivity index is 1.50. The van der Waals surface area contributed by atoms with E-state index in [-0.39, 0.29) is 23.2 Å². The molecule has 0 saturated carbocycles. The van der Waals surface area contributed by atoms with Gasteiger partial charge in [-0.25, -0.2) is 17.8 Å². The Kier molecular flexibility index (Phi) is 6.55. The molecule has 2 N–H and O–H groups in total. The lowest BCUT2D eigenvalue weighted by Crippen LogP contribution is -2.35. The number of hydrogen-bond acceptors (Lipinski definition) is 5. The number of benzene rings is 2. The highest BCUT2D eigenvalue weighted by atomic mass is 32.2. The first-order valence-electron chi connectivity index (χ1n) is 10.6. The predicted octanol–water partition coefficient (Wildman–Crippen LogP) is 2.93. The number of carbonyl (C=O) groups is 1. The molecule has 0 bridgehead atoms. The summed E-state index contributed by atoms with van der Waals surface area (Å²) in [5.41, 5.74) is 1.41. The quantitative estimate of drug-likeness (QED) is 0.529.